The number of aliphatic imine (C=N–C) groups is 1. The predicted molar refractivity (Wildman–Crippen MR) is 119 cm³/mol. The topological polar surface area (TPSA) is 78.4 Å². The number of carbonyl (C=O) groups is 1. The predicted octanol–water partition coefficient (Wildman–Crippen LogP) is 3.56. The number of rotatable bonds is 9. The van der Waals surface area contributed by atoms with Gasteiger partial charge in [0.1, 0.15) is 5.15 Å². The second kappa shape index (κ2) is 12.1. The van der Waals surface area contributed by atoms with E-state index in [1.807, 2.05) is 51.1 Å². The molecule has 1 amide bonds. The van der Waals surface area contributed by atoms with Crippen LogP contribution in [-0.2, 0) is 13.0 Å². The number of amides is 1. The zero-order valence-electron chi connectivity index (χ0n) is 17.3. The van der Waals surface area contributed by atoms with Crippen molar-refractivity contribution in [1.29, 1.82) is 0 Å². The van der Waals surface area contributed by atoms with Crippen LogP contribution >= 0.6 is 11.6 Å². The van der Waals surface area contributed by atoms with Crippen molar-refractivity contribution in [2.75, 3.05) is 13.1 Å². The molecule has 0 saturated heterocycles. The van der Waals surface area contributed by atoms with Crippen LogP contribution in [0.2, 0.25) is 5.15 Å². The van der Waals surface area contributed by atoms with Crippen molar-refractivity contribution in [2.24, 2.45) is 4.99 Å². The third-order valence-electron chi connectivity index (χ3n) is 4.46. The minimum atomic E-state index is -0.0407. The third-order valence-corrected chi connectivity index (χ3v) is 4.69. The molecule has 0 aliphatic heterocycles. The monoisotopic (exact) mass is 415 g/mol. The van der Waals surface area contributed by atoms with Gasteiger partial charge in [0.2, 0.25) is 0 Å². The maximum absolute atomic E-state index is 12.2. The van der Waals surface area contributed by atoms with Gasteiger partial charge in [0.05, 0.1) is 6.54 Å². The summed E-state index contributed by atoms with van der Waals surface area (Å²) in [6, 6.07) is 11.5. The number of hydrogen-bond donors (Lipinski definition) is 3. The molecule has 0 fully saturated rings. The number of benzene rings is 1. The first-order valence-electron chi connectivity index (χ1n) is 10.0. The normalized spacial score (nSPS) is 12.3. The molecule has 0 bridgehead atoms. The van der Waals surface area contributed by atoms with E-state index in [9.17, 15) is 4.79 Å². The fourth-order valence-electron chi connectivity index (χ4n) is 2.56. The second-order valence-electron chi connectivity index (χ2n) is 6.84. The van der Waals surface area contributed by atoms with Crippen molar-refractivity contribution in [1.82, 2.24) is 20.9 Å². The average Bonchev–Trinajstić information content (AvgIpc) is 2.73. The molecule has 2 aromatic rings. The summed E-state index contributed by atoms with van der Waals surface area (Å²) in [5.74, 6) is 0.717. The Labute approximate surface area is 178 Å². The highest BCUT2D eigenvalue weighted by atomic mass is 35.5. The van der Waals surface area contributed by atoms with Crippen molar-refractivity contribution < 1.29 is 4.79 Å². The molecule has 0 saturated carbocycles. The highest BCUT2D eigenvalue weighted by molar-refractivity contribution is 6.29. The zero-order chi connectivity index (χ0) is 21.1. The lowest BCUT2D eigenvalue weighted by Gasteiger charge is -2.12. The molecule has 156 valence electrons. The van der Waals surface area contributed by atoms with E-state index in [2.05, 4.69) is 25.9 Å². The molecular formula is C22H30ClN5O. The molecular weight excluding hydrogens is 386 g/mol. The Kier molecular flexibility index (Phi) is 9.44. The number of nitrogens with one attached hydrogen (secondary N) is 3. The molecule has 0 aliphatic carbocycles. The fourth-order valence-corrected chi connectivity index (χ4v) is 2.67. The molecule has 0 aliphatic rings. The molecule has 1 unspecified atom stereocenters. The molecule has 1 atom stereocenters. The number of pyridine rings is 1. The SMILES string of the molecule is CCNC(=NCc1ccc(C(=O)NC(C)CC)cc1)NCCc1ccc(Cl)nc1. The van der Waals surface area contributed by atoms with E-state index in [4.69, 9.17) is 11.6 Å². The van der Waals surface area contributed by atoms with Crippen LogP contribution in [0.3, 0.4) is 0 Å². The van der Waals surface area contributed by atoms with E-state index < -0.39 is 0 Å². The Morgan fingerprint density at radius 2 is 1.83 bits per heavy atom. The fraction of sp³-hybridized carbons (Fsp3) is 0.409. The first-order chi connectivity index (χ1) is 14.0. The Hall–Kier alpha value is -2.60. The summed E-state index contributed by atoms with van der Waals surface area (Å²) in [6.07, 6.45) is 3.52. The molecule has 29 heavy (non-hydrogen) atoms. The maximum atomic E-state index is 12.2. The van der Waals surface area contributed by atoms with Gasteiger partial charge in [-0.25, -0.2) is 9.98 Å². The van der Waals surface area contributed by atoms with Gasteiger partial charge in [-0.05, 0) is 56.0 Å². The second-order valence-corrected chi connectivity index (χ2v) is 7.23. The quantitative estimate of drug-likeness (QED) is 0.332. The number of guanidine groups is 1. The molecule has 0 radical (unpaired) electrons. The number of halogens is 1. The number of aromatic nitrogens is 1. The minimum absolute atomic E-state index is 0.0407. The van der Waals surface area contributed by atoms with Crippen LogP contribution in [0, 0.1) is 0 Å². The van der Waals surface area contributed by atoms with Crippen molar-refractivity contribution in [3.63, 3.8) is 0 Å². The maximum Gasteiger partial charge on any atom is 0.251 e. The van der Waals surface area contributed by atoms with E-state index in [1.54, 1.807) is 12.3 Å². The van der Waals surface area contributed by atoms with Crippen molar-refractivity contribution in [3.05, 3.63) is 64.4 Å². The van der Waals surface area contributed by atoms with Gasteiger partial charge in [-0.1, -0.05) is 36.7 Å². The van der Waals surface area contributed by atoms with E-state index in [1.165, 1.54) is 0 Å². The van der Waals surface area contributed by atoms with Gasteiger partial charge in [-0.2, -0.15) is 0 Å². The van der Waals surface area contributed by atoms with Crippen molar-refractivity contribution in [3.8, 4) is 0 Å². The van der Waals surface area contributed by atoms with E-state index in [-0.39, 0.29) is 11.9 Å². The lowest BCUT2D eigenvalue weighted by molar-refractivity contribution is 0.0939. The summed E-state index contributed by atoms with van der Waals surface area (Å²) in [5.41, 5.74) is 2.83. The molecule has 6 nitrogen and oxygen atoms in total. The minimum Gasteiger partial charge on any atom is -0.357 e. The van der Waals surface area contributed by atoms with Crippen LogP contribution in [0.25, 0.3) is 0 Å². The standard InChI is InChI=1S/C22H30ClN5O/c1-4-16(3)28-21(29)19-9-6-17(7-10-19)15-27-22(24-5-2)25-13-12-18-8-11-20(23)26-14-18/h6-11,14,16H,4-5,12-13,15H2,1-3H3,(H,28,29)(H2,24,25,27). The van der Waals surface area contributed by atoms with Gasteiger partial charge in [0, 0.05) is 30.9 Å². The summed E-state index contributed by atoms with van der Waals surface area (Å²) < 4.78 is 0. The number of hydrogen-bond acceptors (Lipinski definition) is 3. The molecule has 1 aromatic heterocycles. The van der Waals surface area contributed by atoms with Gasteiger partial charge in [0.15, 0.2) is 5.96 Å². The van der Waals surface area contributed by atoms with Gasteiger partial charge in [-0.15, -0.1) is 0 Å². The molecule has 1 aromatic carbocycles. The van der Waals surface area contributed by atoms with Crippen LogP contribution in [0.1, 0.15) is 48.7 Å². The first-order valence-corrected chi connectivity index (χ1v) is 10.4. The Bertz CT molecular complexity index is 790. The Balaban J connectivity index is 1.88. The van der Waals surface area contributed by atoms with E-state index >= 15 is 0 Å². The van der Waals surface area contributed by atoms with E-state index in [0.29, 0.717) is 17.3 Å². The summed E-state index contributed by atoms with van der Waals surface area (Å²) in [5, 5.41) is 10.0. The van der Waals surface area contributed by atoms with Crippen LogP contribution < -0.4 is 16.0 Å². The van der Waals surface area contributed by atoms with Crippen LogP contribution in [0.5, 0.6) is 0 Å². The smallest absolute Gasteiger partial charge is 0.251 e. The molecule has 2 rings (SSSR count). The van der Waals surface area contributed by atoms with Crippen LogP contribution in [0.4, 0.5) is 0 Å². The van der Waals surface area contributed by atoms with Gasteiger partial charge >= 0.3 is 0 Å². The zero-order valence-corrected chi connectivity index (χ0v) is 18.1. The van der Waals surface area contributed by atoms with Crippen LogP contribution in [0.15, 0.2) is 47.6 Å². The molecule has 0 spiro atoms. The molecule has 1 heterocycles. The van der Waals surface area contributed by atoms with Gasteiger partial charge in [-0.3, -0.25) is 4.79 Å². The first kappa shape index (κ1) is 22.7. The lowest BCUT2D eigenvalue weighted by atomic mass is 10.1. The average molecular weight is 416 g/mol. The van der Waals surface area contributed by atoms with E-state index in [0.717, 1.165) is 43.0 Å². The summed E-state index contributed by atoms with van der Waals surface area (Å²) in [4.78, 5) is 20.9. The summed E-state index contributed by atoms with van der Waals surface area (Å²) >= 11 is 5.81. The number of nitrogens with zero attached hydrogens (tertiary/aromatic N) is 2. The van der Waals surface area contributed by atoms with Crippen molar-refractivity contribution >= 4 is 23.5 Å². The Morgan fingerprint density at radius 1 is 1.10 bits per heavy atom. The summed E-state index contributed by atoms with van der Waals surface area (Å²) in [6.45, 7) is 8.14. The largest absolute Gasteiger partial charge is 0.357 e. The summed E-state index contributed by atoms with van der Waals surface area (Å²) in [7, 11) is 0. The lowest BCUT2D eigenvalue weighted by Crippen LogP contribution is -2.38. The molecule has 3 N–H and O–H groups in total. The van der Waals surface area contributed by atoms with Gasteiger partial charge in [0.25, 0.3) is 5.91 Å². The highest BCUT2D eigenvalue weighted by Gasteiger charge is 2.08. The van der Waals surface area contributed by atoms with Gasteiger partial charge < -0.3 is 16.0 Å². The third kappa shape index (κ3) is 8.11. The number of carbonyl (C=O) groups excluding carboxylic acids is 1. The Morgan fingerprint density at radius 3 is 2.45 bits per heavy atom. The van der Waals surface area contributed by atoms with Crippen LogP contribution in [-0.4, -0.2) is 36.0 Å². The van der Waals surface area contributed by atoms with Crippen molar-refractivity contribution in [2.45, 2.75) is 46.2 Å². The highest BCUT2D eigenvalue weighted by Crippen LogP contribution is 2.07. The molecule has 7 heteroatoms.